The average molecular weight is 347 g/mol. The summed E-state index contributed by atoms with van der Waals surface area (Å²) in [5, 5.41) is 21.1. The lowest BCUT2D eigenvalue weighted by molar-refractivity contribution is -0.147. The Kier molecular flexibility index (Phi) is 9.24. The minimum absolute atomic E-state index is 0. The summed E-state index contributed by atoms with van der Waals surface area (Å²) in [5.74, 6) is -1.11. The maximum Gasteiger partial charge on any atom is 0.328 e. The highest BCUT2D eigenvalue weighted by atomic mass is 35.5. The predicted octanol–water partition coefficient (Wildman–Crippen LogP) is 0.113. The van der Waals surface area contributed by atoms with Gasteiger partial charge in [0.1, 0.15) is 17.8 Å². The molecular weight excluding hydrogens is 324 g/mol. The number of hydrogen-bond donors (Lipinski definition) is 4. The smallest absolute Gasteiger partial charge is 0.328 e. The van der Waals surface area contributed by atoms with E-state index in [2.05, 4.69) is 5.32 Å². The number of carbonyl (C=O) groups excluding carboxylic acids is 2. The summed E-state index contributed by atoms with van der Waals surface area (Å²) in [6.45, 7) is 3.24. The van der Waals surface area contributed by atoms with Crippen molar-refractivity contribution in [3.05, 3.63) is 29.8 Å². The standard InChI is InChI=1S/C15H22N2O5.ClH/c1-3-22-15(21)12(17-14(20)13(16)9(2)18)8-10-4-6-11(19)7-5-10;/h4-7,9,12-13,18-19H,3,8,16H2,1-2H3,(H,17,20);1H. The third-order valence-corrected chi connectivity index (χ3v) is 3.09. The van der Waals surface area contributed by atoms with Crippen molar-refractivity contribution in [1.29, 1.82) is 0 Å². The molecule has 1 rings (SSSR count). The Morgan fingerprint density at radius 2 is 1.87 bits per heavy atom. The number of amides is 1. The maximum absolute atomic E-state index is 12.0. The molecule has 1 aromatic carbocycles. The molecule has 0 bridgehead atoms. The highest BCUT2D eigenvalue weighted by Gasteiger charge is 2.27. The van der Waals surface area contributed by atoms with Gasteiger partial charge in [0, 0.05) is 6.42 Å². The van der Waals surface area contributed by atoms with Crippen LogP contribution in [-0.4, -0.2) is 46.9 Å². The largest absolute Gasteiger partial charge is 0.508 e. The zero-order chi connectivity index (χ0) is 16.7. The fourth-order valence-electron chi connectivity index (χ4n) is 1.79. The number of ether oxygens (including phenoxy) is 1. The van der Waals surface area contributed by atoms with Gasteiger partial charge >= 0.3 is 5.97 Å². The Bertz CT molecular complexity index is 507. The lowest BCUT2D eigenvalue weighted by Gasteiger charge is -2.21. The Morgan fingerprint density at radius 3 is 2.35 bits per heavy atom. The molecule has 3 atom stereocenters. The summed E-state index contributed by atoms with van der Waals surface area (Å²) < 4.78 is 4.93. The van der Waals surface area contributed by atoms with E-state index < -0.39 is 30.1 Å². The quantitative estimate of drug-likeness (QED) is 0.520. The maximum atomic E-state index is 12.0. The van der Waals surface area contributed by atoms with E-state index in [9.17, 15) is 19.8 Å². The van der Waals surface area contributed by atoms with Gasteiger partial charge in [0.15, 0.2) is 0 Å². The molecule has 0 aliphatic heterocycles. The van der Waals surface area contributed by atoms with E-state index in [-0.39, 0.29) is 31.2 Å². The Balaban J connectivity index is 0.00000484. The molecule has 1 aromatic rings. The highest BCUT2D eigenvalue weighted by Crippen LogP contribution is 2.12. The van der Waals surface area contributed by atoms with Gasteiger partial charge in [-0.25, -0.2) is 4.79 Å². The van der Waals surface area contributed by atoms with E-state index in [1.165, 1.54) is 19.1 Å². The van der Waals surface area contributed by atoms with Gasteiger partial charge in [-0.05, 0) is 31.5 Å². The molecule has 0 heterocycles. The minimum atomic E-state index is -1.13. The van der Waals surface area contributed by atoms with E-state index in [4.69, 9.17) is 10.5 Å². The molecule has 7 nitrogen and oxygen atoms in total. The fourth-order valence-corrected chi connectivity index (χ4v) is 1.79. The van der Waals surface area contributed by atoms with Gasteiger partial charge in [-0.15, -0.1) is 12.4 Å². The third-order valence-electron chi connectivity index (χ3n) is 3.09. The van der Waals surface area contributed by atoms with Crippen molar-refractivity contribution in [3.8, 4) is 5.75 Å². The number of benzene rings is 1. The van der Waals surface area contributed by atoms with Crippen LogP contribution < -0.4 is 11.1 Å². The SMILES string of the molecule is CCOC(=O)C(Cc1ccc(O)cc1)NC(=O)C(N)C(C)O.Cl. The number of aliphatic hydroxyl groups is 1. The number of phenolic OH excluding ortho intramolecular Hbond substituents is 1. The second-order valence-electron chi connectivity index (χ2n) is 4.95. The third kappa shape index (κ3) is 6.85. The van der Waals surface area contributed by atoms with Crippen LogP contribution in [0, 0.1) is 0 Å². The molecule has 0 spiro atoms. The molecular formula is C15H23ClN2O5. The number of aromatic hydroxyl groups is 1. The lowest BCUT2D eigenvalue weighted by Crippen LogP contribution is -2.53. The molecule has 0 aliphatic rings. The number of phenols is 1. The van der Waals surface area contributed by atoms with E-state index in [0.29, 0.717) is 0 Å². The van der Waals surface area contributed by atoms with Crippen molar-refractivity contribution in [2.24, 2.45) is 5.73 Å². The number of carbonyl (C=O) groups is 2. The number of nitrogens with one attached hydrogen (secondary N) is 1. The van der Waals surface area contributed by atoms with Crippen molar-refractivity contribution in [3.63, 3.8) is 0 Å². The summed E-state index contributed by atoms with van der Waals surface area (Å²) in [6.07, 6.45) is -0.839. The van der Waals surface area contributed by atoms with Gasteiger partial charge in [-0.3, -0.25) is 4.79 Å². The van der Waals surface area contributed by atoms with Crippen LogP contribution in [0.4, 0.5) is 0 Å². The van der Waals surface area contributed by atoms with Gasteiger partial charge in [0.05, 0.1) is 12.7 Å². The molecule has 0 fully saturated rings. The molecule has 0 radical (unpaired) electrons. The molecule has 1 amide bonds. The Hall–Kier alpha value is -1.83. The van der Waals surface area contributed by atoms with Gasteiger partial charge in [0.2, 0.25) is 5.91 Å². The summed E-state index contributed by atoms with van der Waals surface area (Å²) in [5.41, 5.74) is 6.29. The van der Waals surface area contributed by atoms with Crippen LogP contribution in [0.5, 0.6) is 5.75 Å². The van der Waals surface area contributed by atoms with Crippen LogP contribution in [0.15, 0.2) is 24.3 Å². The zero-order valence-electron chi connectivity index (χ0n) is 13.1. The van der Waals surface area contributed by atoms with Gasteiger partial charge in [0.25, 0.3) is 0 Å². The van der Waals surface area contributed by atoms with Crippen molar-refractivity contribution in [2.75, 3.05) is 6.61 Å². The predicted molar refractivity (Wildman–Crippen MR) is 87.3 cm³/mol. The first-order valence-electron chi connectivity index (χ1n) is 7.03. The van der Waals surface area contributed by atoms with Gasteiger partial charge in [-0.1, -0.05) is 12.1 Å². The van der Waals surface area contributed by atoms with Crippen molar-refractivity contribution >= 4 is 24.3 Å². The van der Waals surface area contributed by atoms with Crippen LogP contribution >= 0.6 is 12.4 Å². The van der Waals surface area contributed by atoms with E-state index in [1.54, 1.807) is 19.1 Å². The van der Waals surface area contributed by atoms with Crippen molar-refractivity contribution in [1.82, 2.24) is 5.32 Å². The summed E-state index contributed by atoms with van der Waals surface area (Å²) >= 11 is 0. The molecule has 130 valence electrons. The van der Waals surface area contributed by atoms with E-state index in [0.717, 1.165) is 5.56 Å². The topological polar surface area (TPSA) is 122 Å². The van der Waals surface area contributed by atoms with Crippen LogP contribution in [0.1, 0.15) is 19.4 Å². The van der Waals surface area contributed by atoms with Crippen LogP contribution in [0.25, 0.3) is 0 Å². The summed E-state index contributed by atoms with van der Waals surface area (Å²) in [4.78, 5) is 23.9. The number of esters is 1. The normalized spacial score (nSPS) is 14.1. The summed E-state index contributed by atoms with van der Waals surface area (Å²) in [6, 6.07) is 4.21. The molecule has 3 unspecified atom stereocenters. The monoisotopic (exact) mass is 346 g/mol. The second-order valence-corrected chi connectivity index (χ2v) is 4.95. The molecule has 0 aliphatic carbocycles. The van der Waals surface area contributed by atoms with Crippen LogP contribution in [-0.2, 0) is 20.7 Å². The summed E-state index contributed by atoms with van der Waals surface area (Å²) in [7, 11) is 0. The number of rotatable bonds is 7. The second kappa shape index (κ2) is 10.0. The highest BCUT2D eigenvalue weighted by molar-refractivity contribution is 5.88. The van der Waals surface area contributed by atoms with Crippen LogP contribution in [0.3, 0.4) is 0 Å². The molecule has 8 heteroatoms. The first kappa shape index (κ1) is 21.2. The zero-order valence-corrected chi connectivity index (χ0v) is 13.9. The molecule has 23 heavy (non-hydrogen) atoms. The lowest BCUT2D eigenvalue weighted by atomic mass is 10.0. The van der Waals surface area contributed by atoms with Crippen molar-refractivity contribution in [2.45, 2.75) is 38.5 Å². The molecule has 0 aromatic heterocycles. The van der Waals surface area contributed by atoms with Gasteiger partial charge in [-0.2, -0.15) is 0 Å². The molecule has 5 N–H and O–H groups in total. The number of halogens is 1. The average Bonchev–Trinajstić information content (AvgIpc) is 2.47. The minimum Gasteiger partial charge on any atom is -0.508 e. The van der Waals surface area contributed by atoms with E-state index in [1.807, 2.05) is 0 Å². The Morgan fingerprint density at radius 1 is 1.30 bits per heavy atom. The van der Waals surface area contributed by atoms with E-state index >= 15 is 0 Å². The fraction of sp³-hybridized carbons (Fsp3) is 0.467. The number of hydrogen-bond acceptors (Lipinski definition) is 6. The number of aliphatic hydroxyl groups excluding tert-OH is 1. The molecule has 0 saturated carbocycles. The first-order chi connectivity index (χ1) is 10.3. The van der Waals surface area contributed by atoms with Crippen LogP contribution in [0.2, 0.25) is 0 Å². The first-order valence-corrected chi connectivity index (χ1v) is 7.03. The Labute approximate surface area is 141 Å². The van der Waals surface area contributed by atoms with Gasteiger partial charge < -0.3 is 26.0 Å². The molecule has 0 saturated heterocycles. The van der Waals surface area contributed by atoms with Crippen molar-refractivity contribution < 1.29 is 24.5 Å². The number of nitrogens with two attached hydrogens (primary N) is 1.